The van der Waals surface area contributed by atoms with Gasteiger partial charge in [0.05, 0.1) is 6.10 Å². The molecule has 1 unspecified atom stereocenters. The fourth-order valence-electron chi connectivity index (χ4n) is 3.67. The third kappa shape index (κ3) is 3.39. The van der Waals surface area contributed by atoms with Gasteiger partial charge in [-0.3, -0.25) is 0 Å². The minimum atomic E-state index is -0.838. The van der Waals surface area contributed by atoms with E-state index in [2.05, 4.69) is 59.5 Å². The second kappa shape index (κ2) is 7.36. The first-order valence-corrected chi connectivity index (χ1v) is 9.01. The highest BCUT2D eigenvalue weighted by molar-refractivity contribution is 6.62. The Labute approximate surface area is 155 Å². The van der Waals surface area contributed by atoms with E-state index in [1.165, 1.54) is 11.1 Å². The van der Waals surface area contributed by atoms with Crippen LogP contribution in [0, 0.1) is 0 Å². The van der Waals surface area contributed by atoms with E-state index in [0.717, 1.165) is 29.8 Å². The maximum atomic E-state index is 10.2. The first-order valence-electron chi connectivity index (χ1n) is 9.01. The van der Waals surface area contributed by atoms with E-state index in [9.17, 15) is 5.02 Å². The van der Waals surface area contributed by atoms with Crippen molar-refractivity contribution >= 4 is 18.3 Å². The van der Waals surface area contributed by atoms with Crippen molar-refractivity contribution in [2.75, 3.05) is 4.90 Å². The summed E-state index contributed by atoms with van der Waals surface area (Å²) in [6.45, 7) is 3.60. The van der Waals surface area contributed by atoms with Gasteiger partial charge in [0.25, 0.3) is 0 Å². The molecule has 1 aliphatic heterocycles. The van der Waals surface area contributed by atoms with Gasteiger partial charge in [0.1, 0.15) is 0 Å². The molecule has 0 aliphatic carbocycles. The van der Waals surface area contributed by atoms with Crippen LogP contribution in [0.25, 0.3) is 0 Å². The lowest BCUT2D eigenvalue weighted by atomic mass is 9.78. The largest absolute Gasteiger partial charge is 0.492 e. The number of anilines is 1. The van der Waals surface area contributed by atoms with E-state index in [-0.39, 0.29) is 6.10 Å². The summed E-state index contributed by atoms with van der Waals surface area (Å²) in [5, 5.41) is 10.2. The van der Waals surface area contributed by atoms with Gasteiger partial charge < -0.3 is 14.6 Å². The Hall–Kier alpha value is -2.56. The lowest BCUT2D eigenvalue weighted by Gasteiger charge is -2.28. The molecule has 1 aliphatic rings. The van der Waals surface area contributed by atoms with Gasteiger partial charge >= 0.3 is 7.12 Å². The summed E-state index contributed by atoms with van der Waals surface area (Å²) < 4.78 is 5.65. The van der Waals surface area contributed by atoms with Crippen molar-refractivity contribution in [1.29, 1.82) is 0 Å². The zero-order valence-corrected chi connectivity index (χ0v) is 14.9. The first-order chi connectivity index (χ1) is 12.7. The number of fused-ring (bicyclic) bond motifs is 1. The molecule has 0 amide bonds. The molecule has 3 nitrogen and oxygen atoms in total. The van der Waals surface area contributed by atoms with Crippen molar-refractivity contribution in [2.24, 2.45) is 0 Å². The highest BCUT2D eigenvalue weighted by Crippen LogP contribution is 2.33. The van der Waals surface area contributed by atoms with E-state index in [0.29, 0.717) is 0 Å². The molecule has 0 aromatic heterocycles. The van der Waals surface area contributed by atoms with Crippen molar-refractivity contribution in [1.82, 2.24) is 0 Å². The predicted molar refractivity (Wildman–Crippen MR) is 106 cm³/mol. The predicted octanol–water partition coefficient (Wildman–Crippen LogP) is 3.67. The average molecular weight is 343 g/mol. The van der Waals surface area contributed by atoms with E-state index in [4.69, 9.17) is 4.65 Å². The van der Waals surface area contributed by atoms with Gasteiger partial charge in [-0.1, -0.05) is 72.8 Å². The second-order valence-corrected chi connectivity index (χ2v) is 6.74. The van der Waals surface area contributed by atoms with Gasteiger partial charge in [-0.25, -0.2) is 0 Å². The third-order valence-electron chi connectivity index (χ3n) is 4.90. The van der Waals surface area contributed by atoms with Crippen LogP contribution >= 0.6 is 0 Å². The van der Waals surface area contributed by atoms with Gasteiger partial charge in [-0.2, -0.15) is 0 Å². The van der Waals surface area contributed by atoms with Crippen molar-refractivity contribution < 1.29 is 9.68 Å². The van der Waals surface area contributed by atoms with Crippen molar-refractivity contribution in [3.05, 3.63) is 95.6 Å². The molecule has 4 rings (SSSR count). The second-order valence-electron chi connectivity index (χ2n) is 6.74. The summed E-state index contributed by atoms with van der Waals surface area (Å²) in [6, 6.07) is 27.0. The Morgan fingerprint density at radius 3 is 2.00 bits per heavy atom. The van der Waals surface area contributed by atoms with Crippen LogP contribution in [-0.2, 0) is 17.7 Å². The van der Waals surface area contributed by atoms with Crippen LogP contribution in [0.3, 0.4) is 0 Å². The molecule has 26 heavy (non-hydrogen) atoms. The van der Waals surface area contributed by atoms with Gasteiger partial charge in [-0.15, -0.1) is 0 Å². The zero-order valence-electron chi connectivity index (χ0n) is 14.9. The number of rotatable bonds is 5. The molecule has 0 saturated heterocycles. The number of benzene rings is 3. The highest BCUT2D eigenvalue weighted by atomic mass is 16.5. The van der Waals surface area contributed by atoms with Crippen molar-refractivity contribution in [3.8, 4) is 0 Å². The van der Waals surface area contributed by atoms with Crippen LogP contribution in [0.15, 0.2) is 78.9 Å². The Kier molecular flexibility index (Phi) is 4.78. The van der Waals surface area contributed by atoms with Crippen LogP contribution in [0.2, 0.25) is 0 Å². The Morgan fingerprint density at radius 2 is 1.42 bits per heavy atom. The third-order valence-corrected chi connectivity index (χ3v) is 4.90. The molecular weight excluding hydrogens is 321 g/mol. The number of nitrogens with zero attached hydrogens (tertiary/aromatic N) is 1. The number of hydrogen-bond acceptors (Lipinski definition) is 3. The molecule has 1 N–H and O–H groups in total. The SMILES string of the molecule is CC1OB(O)c2cccc(N(Cc3ccccc3)Cc3ccccc3)c21. The first kappa shape index (κ1) is 16.9. The molecule has 130 valence electrons. The topological polar surface area (TPSA) is 32.7 Å². The van der Waals surface area contributed by atoms with Crippen LogP contribution in [-0.4, -0.2) is 12.1 Å². The van der Waals surface area contributed by atoms with E-state index >= 15 is 0 Å². The molecule has 3 aromatic rings. The normalized spacial score (nSPS) is 15.8. The molecular formula is C22H22BNO2. The quantitative estimate of drug-likeness (QED) is 0.718. The average Bonchev–Trinajstić information content (AvgIpc) is 2.97. The summed E-state index contributed by atoms with van der Waals surface area (Å²) in [7, 11) is -0.838. The highest BCUT2D eigenvalue weighted by Gasteiger charge is 2.35. The molecule has 0 bridgehead atoms. The summed E-state index contributed by atoms with van der Waals surface area (Å²) in [5.41, 5.74) is 5.61. The fourth-order valence-corrected chi connectivity index (χ4v) is 3.67. The summed E-state index contributed by atoms with van der Waals surface area (Å²) in [5.74, 6) is 0. The smallest absolute Gasteiger partial charge is 0.423 e. The van der Waals surface area contributed by atoms with Gasteiger partial charge in [-0.05, 0) is 29.6 Å². The lowest BCUT2D eigenvalue weighted by Crippen LogP contribution is -2.30. The van der Waals surface area contributed by atoms with Crippen LogP contribution in [0.5, 0.6) is 0 Å². The minimum absolute atomic E-state index is 0.120. The number of hydrogen-bond donors (Lipinski definition) is 1. The van der Waals surface area contributed by atoms with Crippen molar-refractivity contribution in [2.45, 2.75) is 26.1 Å². The maximum Gasteiger partial charge on any atom is 0.492 e. The zero-order chi connectivity index (χ0) is 17.9. The summed E-state index contributed by atoms with van der Waals surface area (Å²) >= 11 is 0. The van der Waals surface area contributed by atoms with Crippen LogP contribution in [0.1, 0.15) is 29.7 Å². The summed E-state index contributed by atoms with van der Waals surface area (Å²) in [4.78, 5) is 2.36. The fraction of sp³-hybridized carbons (Fsp3) is 0.182. The van der Waals surface area contributed by atoms with E-state index in [1.54, 1.807) is 0 Å². The minimum Gasteiger partial charge on any atom is -0.423 e. The van der Waals surface area contributed by atoms with Crippen molar-refractivity contribution in [3.63, 3.8) is 0 Å². The van der Waals surface area contributed by atoms with Gasteiger partial charge in [0.15, 0.2) is 0 Å². The molecule has 4 heteroatoms. The maximum absolute atomic E-state index is 10.2. The molecule has 0 radical (unpaired) electrons. The molecule has 1 heterocycles. The van der Waals surface area contributed by atoms with Crippen LogP contribution in [0.4, 0.5) is 5.69 Å². The monoisotopic (exact) mass is 343 g/mol. The van der Waals surface area contributed by atoms with E-state index in [1.807, 2.05) is 31.2 Å². The molecule has 0 spiro atoms. The molecule has 3 aromatic carbocycles. The van der Waals surface area contributed by atoms with Crippen LogP contribution < -0.4 is 10.4 Å². The van der Waals surface area contributed by atoms with E-state index < -0.39 is 7.12 Å². The Morgan fingerprint density at radius 1 is 0.846 bits per heavy atom. The molecule has 0 fully saturated rings. The summed E-state index contributed by atoms with van der Waals surface area (Å²) in [6.07, 6.45) is -0.120. The Balaban J connectivity index is 1.74. The molecule has 0 saturated carbocycles. The van der Waals surface area contributed by atoms with Gasteiger partial charge in [0, 0.05) is 24.3 Å². The lowest BCUT2D eigenvalue weighted by molar-refractivity contribution is 0.209. The standard InChI is InChI=1S/C22H22BNO2/c1-17-22-20(23(25)26-17)13-8-14-21(22)24(15-18-9-4-2-5-10-18)16-19-11-6-3-7-12-19/h2-14,17,25H,15-16H2,1H3. The Bertz CT molecular complexity index is 828. The molecule has 1 atom stereocenters. The van der Waals surface area contributed by atoms with Gasteiger partial charge in [0.2, 0.25) is 0 Å².